The second-order valence-electron chi connectivity index (χ2n) is 7.11. The fourth-order valence-electron chi connectivity index (χ4n) is 3.68. The average Bonchev–Trinajstić information content (AvgIpc) is 3.06. The zero-order valence-corrected chi connectivity index (χ0v) is 16.0. The monoisotopic (exact) mass is 377 g/mol. The van der Waals surface area contributed by atoms with Crippen molar-refractivity contribution in [1.82, 2.24) is 9.80 Å². The Morgan fingerprint density at radius 2 is 1.85 bits per heavy atom. The summed E-state index contributed by atoms with van der Waals surface area (Å²) in [4.78, 5) is 42.3. The molecule has 140 valence electrons. The van der Waals surface area contributed by atoms with E-state index in [9.17, 15) is 14.4 Å². The molecular formula is C19H24ClN3O3. The molecule has 0 saturated carbocycles. The maximum atomic E-state index is 13.1. The zero-order chi connectivity index (χ0) is 18.8. The molecule has 0 aromatic heterocycles. The number of hydrogen-bond acceptors (Lipinski definition) is 3. The van der Waals surface area contributed by atoms with Crippen molar-refractivity contribution >= 4 is 35.0 Å². The number of nitrogens with zero attached hydrogens (tertiary/aromatic N) is 3. The van der Waals surface area contributed by atoms with Gasteiger partial charge in [-0.1, -0.05) is 11.6 Å². The Balaban J connectivity index is 1.77. The van der Waals surface area contributed by atoms with Gasteiger partial charge in [0.05, 0.1) is 11.3 Å². The van der Waals surface area contributed by atoms with Crippen LogP contribution >= 0.6 is 11.6 Å². The molecule has 2 aliphatic rings. The first kappa shape index (κ1) is 18.7. The van der Waals surface area contributed by atoms with Crippen LogP contribution in [0.25, 0.3) is 0 Å². The maximum Gasteiger partial charge on any atom is 0.255 e. The van der Waals surface area contributed by atoms with Gasteiger partial charge in [0.2, 0.25) is 11.8 Å². The Labute approximate surface area is 158 Å². The van der Waals surface area contributed by atoms with E-state index >= 15 is 0 Å². The highest BCUT2D eigenvalue weighted by Gasteiger charge is 2.31. The summed E-state index contributed by atoms with van der Waals surface area (Å²) in [6.45, 7) is 1.69. The van der Waals surface area contributed by atoms with Crippen LogP contribution in [0.3, 0.4) is 0 Å². The highest BCUT2D eigenvalue weighted by molar-refractivity contribution is 6.31. The zero-order valence-electron chi connectivity index (χ0n) is 15.2. The molecule has 1 aromatic rings. The van der Waals surface area contributed by atoms with E-state index in [1.165, 1.54) is 0 Å². The van der Waals surface area contributed by atoms with Crippen LogP contribution in [0.5, 0.6) is 0 Å². The molecule has 0 unspecified atom stereocenters. The minimum Gasteiger partial charge on any atom is -0.349 e. The minimum absolute atomic E-state index is 0.0246. The number of anilines is 1. The molecule has 6 nitrogen and oxygen atoms in total. The van der Waals surface area contributed by atoms with Crippen molar-refractivity contribution in [2.75, 3.05) is 38.6 Å². The third-order valence-corrected chi connectivity index (χ3v) is 5.36. The van der Waals surface area contributed by atoms with Gasteiger partial charge >= 0.3 is 0 Å². The van der Waals surface area contributed by atoms with E-state index in [1.807, 2.05) is 0 Å². The van der Waals surface area contributed by atoms with Crippen molar-refractivity contribution in [2.24, 2.45) is 5.92 Å². The Hall–Kier alpha value is -2.08. The van der Waals surface area contributed by atoms with Crippen LogP contribution in [0, 0.1) is 5.92 Å². The molecule has 2 fully saturated rings. The van der Waals surface area contributed by atoms with Gasteiger partial charge in [0.1, 0.15) is 0 Å². The van der Waals surface area contributed by atoms with Gasteiger partial charge in [0.25, 0.3) is 5.91 Å². The van der Waals surface area contributed by atoms with E-state index in [0.29, 0.717) is 55.2 Å². The van der Waals surface area contributed by atoms with Crippen LogP contribution in [0.1, 0.15) is 36.0 Å². The first-order chi connectivity index (χ1) is 12.4. The third kappa shape index (κ3) is 3.70. The Morgan fingerprint density at radius 1 is 1.15 bits per heavy atom. The van der Waals surface area contributed by atoms with Gasteiger partial charge < -0.3 is 14.7 Å². The van der Waals surface area contributed by atoms with Gasteiger partial charge in [-0.2, -0.15) is 0 Å². The van der Waals surface area contributed by atoms with Crippen molar-refractivity contribution in [3.05, 3.63) is 28.8 Å². The highest BCUT2D eigenvalue weighted by Crippen LogP contribution is 2.30. The lowest BCUT2D eigenvalue weighted by Crippen LogP contribution is -2.43. The van der Waals surface area contributed by atoms with Crippen molar-refractivity contribution in [3.63, 3.8) is 0 Å². The van der Waals surface area contributed by atoms with E-state index < -0.39 is 0 Å². The van der Waals surface area contributed by atoms with Crippen LogP contribution in [0.15, 0.2) is 18.2 Å². The third-order valence-electron chi connectivity index (χ3n) is 5.13. The Morgan fingerprint density at radius 3 is 2.42 bits per heavy atom. The molecule has 0 N–H and O–H groups in total. The van der Waals surface area contributed by atoms with Crippen LogP contribution in [-0.2, 0) is 9.59 Å². The lowest BCUT2D eigenvalue weighted by molar-refractivity contribution is -0.134. The molecule has 2 heterocycles. The van der Waals surface area contributed by atoms with Gasteiger partial charge in [0, 0.05) is 51.1 Å². The Bertz CT molecular complexity index is 727. The second kappa shape index (κ2) is 7.66. The molecule has 0 bridgehead atoms. The molecule has 3 rings (SSSR count). The molecule has 2 saturated heterocycles. The number of piperidine rings is 1. The predicted molar refractivity (Wildman–Crippen MR) is 100 cm³/mol. The average molecular weight is 378 g/mol. The summed E-state index contributed by atoms with van der Waals surface area (Å²) in [7, 11) is 3.51. The topological polar surface area (TPSA) is 60.9 Å². The van der Waals surface area contributed by atoms with E-state index in [2.05, 4.69) is 0 Å². The summed E-state index contributed by atoms with van der Waals surface area (Å²) in [5.41, 5.74) is 1.10. The summed E-state index contributed by atoms with van der Waals surface area (Å²) in [5.74, 6) is 0.00886. The van der Waals surface area contributed by atoms with Gasteiger partial charge in [-0.15, -0.1) is 0 Å². The minimum atomic E-state index is -0.105. The van der Waals surface area contributed by atoms with Gasteiger partial charge in [0.15, 0.2) is 0 Å². The highest BCUT2D eigenvalue weighted by atomic mass is 35.5. The quantitative estimate of drug-likeness (QED) is 0.812. The van der Waals surface area contributed by atoms with Crippen LogP contribution in [0.2, 0.25) is 5.02 Å². The summed E-state index contributed by atoms with van der Waals surface area (Å²) in [6, 6.07) is 5.07. The van der Waals surface area contributed by atoms with Crippen LogP contribution in [-0.4, -0.2) is 61.3 Å². The fourth-order valence-corrected chi connectivity index (χ4v) is 3.84. The maximum absolute atomic E-state index is 13.1. The predicted octanol–water partition coefficient (Wildman–Crippen LogP) is 2.41. The van der Waals surface area contributed by atoms with E-state index in [-0.39, 0.29) is 23.6 Å². The number of rotatable bonds is 3. The molecule has 0 spiro atoms. The van der Waals surface area contributed by atoms with Crippen molar-refractivity contribution in [1.29, 1.82) is 0 Å². The first-order valence-electron chi connectivity index (χ1n) is 8.99. The SMILES string of the molecule is CN(C)C(=O)C1CCN(C(=O)c2ccc(Cl)cc2N2CCCC2=O)CC1. The molecule has 0 atom stereocenters. The smallest absolute Gasteiger partial charge is 0.255 e. The van der Waals surface area contributed by atoms with Crippen LogP contribution in [0.4, 0.5) is 5.69 Å². The largest absolute Gasteiger partial charge is 0.349 e. The number of halogens is 1. The van der Waals surface area contributed by atoms with Gasteiger partial charge in [-0.05, 0) is 37.5 Å². The van der Waals surface area contributed by atoms with E-state index in [4.69, 9.17) is 11.6 Å². The molecule has 26 heavy (non-hydrogen) atoms. The van der Waals surface area contributed by atoms with Gasteiger partial charge in [-0.3, -0.25) is 14.4 Å². The number of carbonyl (C=O) groups is 3. The Kier molecular flexibility index (Phi) is 5.51. The van der Waals surface area contributed by atoms with Gasteiger partial charge in [-0.25, -0.2) is 0 Å². The lowest BCUT2D eigenvalue weighted by Gasteiger charge is -2.33. The second-order valence-corrected chi connectivity index (χ2v) is 7.55. The number of likely N-dealkylation sites (tertiary alicyclic amines) is 1. The molecule has 0 aliphatic carbocycles. The number of hydrogen-bond donors (Lipinski definition) is 0. The first-order valence-corrected chi connectivity index (χ1v) is 9.36. The molecule has 0 radical (unpaired) electrons. The summed E-state index contributed by atoms with van der Waals surface area (Å²) >= 11 is 6.11. The summed E-state index contributed by atoms with van der Waals surface area (Å²) in [6.07, 6.45) is 2.61. The van der Waals surface area contributed by atoms with Crippen molar-refractivity contribution < 1.29 is 14.4 Å². The summed E-state index contributed by atoms with van der Waals surface area (Å²) in [5, 5.41) is 0.506. The fraction of sp³-hybridized carbons (Fsp3) is 0.526. The molecule has 7 heteroatoms. The van der Waals surface area contributed by atoms with E-state index in [0.717, 1.165) is 6.42 Å². The van der Waals surface area contributed by atoms with Crippen molar-refractivity contribution in [2.45, 2.75) is 25.7 Å². The molecule has 1 aromatic carbocycles. The lowest BCUT2D eigenvalue weighted by atomic mass is 9.95. The standard InChI is InChI=1S/C19H24ClN3O3/c1-21(2)18(25)13-7-10-22(11-8-13)19(26)15-6-5-14(20)12-16(15)23-9-3-4-17(23)24/h5-6,12-13H,3-4,7-11H2,1-2H3. The number of carbonyl (C=O) groups excluding carboxylic acids is 3. The summed E-state index contributed by atoms with van der Waals surface area (Å²) < 4.78 is 0. The van der Waals surface area contributed by atoms with Crippen molar-refractivity contribution in [3.8, 4) is 0 Å². The van der Waals surface area contributed by atoms with E-state index in [1.54, 1.807) is 47.0 Å². The van der Waals surface area contributed by atoms with Crippen LogP contribution < -0.4 is 4.90 Å². The number of amides is 3. The molecular weight excluding hydrogens is 354 g/mol. The number of benzene rings is 1. The normalized spacial score (nSPS) is 18.3. The molecule has 2 aliphatic heterocycles. The molecule has 3 amide bonds.